The van der Waals surface area contributed by atoms with Crippen LogP contribution in [0.5, 0.6) is 0 Å². The van der Waals surface area contributed by atoms with E-state index in [0.29, 0.717) is 18.1 Å². The fourth-order valence-electron chi connectivity index (χ4n) is 1.89. The van der Waals surface area contributed by atoms with E-state index in [9.17, 15) is 4.79 Å². The summed E-state index contributed by atoms with van der Waals surface area (Å²) in [6.45, 7) is 3.95. The highest BCUT2D eigenvalue weighted by atomic mass is 79.9. The molecule has 0 fully saturated rings. The van der Waals surface area contributed by atoms with Gasteiger partial charge in [0.1, 0.15) is 11.6 Å². The molecule has 0 aromatic carbocycles. The second-order valence-electron chi connectivity index (χ2n) is 4.05. The lowest BCUT2D eigenvalue weighted by molar-refractivity contribution is 0.205. The topological polar surface area (TPSA) is 75.5 Å². The molecule has 0 saturated carbocycles. The van der Waals surface area contributed by atoms with Crippen LogP contribution in [-0.4, -0.2) is 51.7 Å². The van der Waals surface area contributed by atoms with Crippen molar-refractivity contribution in [2.24, 2.45) is 0 Å². The summed E-state index contributed by atoms with van der Waals surface area (Å²) in [5.74, 6) is 1.41. The lowest BCUT2D eigenvalue weighted by Crippen LogP contribution is -2.30. The van der Waals surface area contributed by atoms with Gasteiger partial charge in [-0.3, -0.25) is 0 Å². The Bertz CT molecular complexity index is 609. The van der Waals surface area contributed by atoms with Gasteiger partial charge in [-0.1, -0.05) is 15.9 Å². The first-order valence-electron chi connectivity index (χ1n) is 5.92. The minimum atomic E-state index is -0.268. The van der Waals surface area contributed by atoms with Crippen molar-refractivity contribution in [1.82, 2.24) is 19.6 Å². The summed E-state index contributed by atoms with van der Waals surface area (Å²) in [6, 6.07) is 1.79. The van der Waals surface area contributed by atoms with E-state index in [2.05, 4.69) is 36.0 Å². The number of aromatic amines is 1. The molecule has 2 heterocycles. The Balaban J connectivity index is 2.39. The average Bonchev–Trinajstić information content (AvgIpc) is 2.76. The summed E-state index contributed by atoms with van der Waals surface area (Å²) in [7, 11) is 1.67. The number of methoxy groups -OCH3 is 1. The van der Waals surface area contributed by atoms with Crippen molar-refractivity contribution in [2.75, 3.05) is 37.0 Å². The van der Waals surface area contributed by atoms with Crippen molar-refractivity contribution in [3.63, 3.8) is 0 Å². The number of hydrogen-bond donors (Lipinski definition) is 1. The number of fused-ring (bicyclic) bond motifs is 1. The van der Waals surface area contributed by atoms with Crippen LogP contribution in [0.4, 0.5) is 5.82 Å². The minimum Gasteiger partial charge on any atom is -0.383 e. The van der Waals surface area contributed by atoms with Crippen LogP contribution in [0.15, 0.2) is 10.9 Å². The molecule has 1 N–H and O–H groups in total. The van der Waals surface area contributed by atoms with Gasteiger partial charge >= 0.3 is 5.69 Å². The van der Waals surface area contributed by atoms with Gasteiger partial charge in [0.25, 0.3) is 0 Å². The number of aromatic nitrogens is 4. The van der Waals surface area contributed by atoms with E-state index in [0.717, 1.165) is 24.2 Å². The molecule has 0 saturated heterocycles. The monoisotopic (exact) mass is 329 g/mol. The van der Waals surface area contributed by atoms with Crippen molar-refractivity contribution in [3.05, 3.63) is 22.4 Å². The summed E-state index contributed by atoms with van der Waals surface area (Å²) in [4.78, 5) is 18.1. The van der Waals surface area contributed by atoms with Crippen LogP contribution in [-0.2, 0) is 4.74 Å². The second kappa shape index (κ2) is 6.16. The van der Waals surface area contributed by atoms with E-state index >= 15 is 0 Å². The first-order valence-corrected chi connectivity index (χ1v) is 7.04. The molecule has 0 aliphatic heterocycles. The van der Waals surface area contributed by atoms with Gasteiger partial charge in [0, 0.05) is 31.6 Å². The van der Waals surface area contributed by atoms with Crippen LogP contribution in [0.2, 0.25) is 0 Å². The maximum Gasteiger partial charge on any atom is 0.349 e. The molecule has 0 radical (unpaired) electrons. The Kier molecular flexibility index (Phi) is 4.54. The van der Waals surface area contributed by atoms with Gasteiger partial charge in [0.2, 0.25) is 0 Å². The average molecular weight is 330 g/mol. The summed E-state index contributed by atoms with van der Waals surface area (Å²) in [5, 5.41) is 7.23. The minimum absolute atomic E-state index is 0.268. The van der Waals surface area contributed by atoms with Crippen molar-refractivity contribution >= 4 is 27.4 Å². The molecule has 2 aromatic rings. The molecule has 2 aromatic heterocycles. The first-order chi connectivity index (χ1) is 9.17. The van der Waals surface area contributed by atoms with E-state index in [-0.39, 0.29) is 5.69 Å². The van der Waals surface area contributed by atoms with Crippen LogP contribution in [0, 0.1) is 6.92 Å². The maximum atomic E-state index is 11.5. The second-order valence-corrected chi connectivity index (χ2v) is 4.85. The number of nitrogens with zero attached hydrogens (tertiary/aromatic N) is 4. The van der Waals surface area contributed by atoms with Crippen molar-refractivity contribution in [3.8, 4) is 0 Å². The zero-order chi connectivity index (χ0) is 13.8. The Morgan fingerprint density at radius 2 is 2.32 bits per heavy atom. The van der Waals surface area contributed by atoms with Crippen LogP contribution in [0.25, 0.3) is 5.65 Å². The normalized spacial score (nSPS) is 11.1. The van der Waals surface area contributed by atoms with Crippen molar-refractivity contribution in [2.45, 2.75) is 6.92 Å². The number of alkyl halides is 1. The Labute approximate surface area is 118 Å². The van der Waals surface area contributed by atoms with Gasteiger partial charge in [-0.25, -0.2) is 19.3 Å². The number of anilines is 1. The summed E-state index contributed by atoms with van der Waals surface area (Å²) < 4.78 is 6.55. The van der Waals surface area contributed by atoms with Gasteiger partial charge in [0.05, 0.1) is 6.61 Å². The summed E-state index contributed by atoms with van der Waals surface area (Å²) in [6.07, 6.45) is 0. The number of halogens is 1. The van der Waals surface area contributed by atoms with E-state index in [4.69, 9.17) is 4.74 Å². The quantitative estimate of drug-likeness (QED) is 0.784. The number of rotatable bonds is 6. The largest absolute Gasteiger partial charge is 0.383 e. The van der Waals surface area contributed by atoms with Gasteiger partial charge < -0.3 is 9.64 Å². The molecule has 7 nitrogen and oxygen atoms in total. The van der Waals surface area contributed by atoms with Crippen LogP contribution >= 0.6 is 15.9 Å². The maximum absolute atomic E-state index is 11.5. The van der Waals surface area contributed by atoms with Crippen molar-refractivity contribution in [1.29, 1.82) is 0 Å². The third-order valence-electron chi connectivity index (χ3n) is 2.80. The molecule has 8 heteroatoms. The Morgan fingerprint density at radius 3 is 3.00 bits per heavy atom. The zero-order valence-electron chi connectivity index (χ0n) is 10.9. The number of hydrogen-bond acceptors (Lipinski definition) is 5. The molecule has 0 bridgehead atoms. The third-order valence-corrected chi connectivity index (χ3v) is 3.15. The van der Waals surface area contributed by atoms with Crippen LogP contribution in [0.1, 0.15) is 5.82 Å². The van der Waals surface area contributed by atoms with Crippen molar-refractivity contribution < 1.29 is 4.74 Å². The smallest absolute Gasteiger partial charge is 0.349 e. The molecule has 0 aliphatic rings. The number of nitrogens with one attached hydrogen (secondary N) is 1. The fraction of sp³-hybridized carbons (Fsp3) is 0.545. The summed E-state index contributed by atoms with van der Waals surface area (Å²) >= 11 is 3.42. The third kappa shape index (κ3) is 2.95. The van der Waals surface area contributed by atoms with Crippen LogP contribution < -0.4 is 10.6 Å². The number of H-pyrrole nitrogens is 1. The molecule has 0 amide bonds. The summed E-state index contributed by atoms with van der Waals surface area (Å²) in [5.41, 5.74) is 0.306. The molecular weight excluding hydrogens is 314 g/mol. The predicted molar refractivity (Wildman–Crippen MR) is 76.2 cm³/mol. The van der Waals surface area contributed by atoms with E-state index < -0.39 is 0 Å². The van der Waals surface area contributed by atoms with E-state index in [1.54, 1.807) is 20.1 Å². The molecular formula is C11H16BrN5O2. The van der Waals surface area contributed by atoms with E-state index in [1.807, 2.05) is 0 Å². The molecule has 2 rings (SSSR count). The first kappa shape index (κ1) is 14.0. The van der Waals surface area contributed by atoms with Gasteiger partial charge in [0.15, 0.2) is 5.65 Å². The molecule has 0 atom stereocenters. The Morgan fingerprint density at radius 1 is 1.53 bits per heavy atom. The van der Waals surface area contributed by atoms with E-state index in [1.165, 1.54) is 4.40 Å². The molecule has 0 unspecified atom stereocenters. The molecule has 19 heavy (non-hydrogen) atoms. The Hall–Kier alpha value is -1.41. The molecule has 104 valence electrons. The highest BCUT2D eigenvalue weighted by molar-refractivity contribution is 9.09. The SMILES string of the molecule is COCCN(CCBr)c1cc2n[nH]c(=O)n2c(C)n1. The molecule has 0 aliphatic carbocycles. The fourth-order valence-corrected chi connectivity index (χ4v) is 2.32. The highest BCUT2D eigenvalue weighted by Gasteiger charge is 2.12. The highest BCUT2D eigenvalue weighted by Crippen LogP contribution is 2.13. The lowest BCUT2D eigenvalue weighted by atomic mass is 10.4. The number of ether oxygens (including phenoxy) is 1. The standard InChI is InChI=1S/C11H16BrN5O2/c1-8-13-9(16(4-3-12)5-6-19-2)7-10-14-15-11(18)17(8)10/h7H,3-6H2,1-2H3,(H,15,18). The lowest BCUT2D eigenvalue weighted by Gasteiger charge is -2.22. The van der Waals surface area contributed by atoms with Gasteiger partial charge in [-0.05, 0) is 6.92 Å². The van der Waals surface area contributed by atoms with Gasteiger partial charge in [-0.15, -0.1) is 0 Å². The zero-order valence-corrected chi connectivity index (χ0v) is 12.5. The van der Waals surface area contributed by atoms with Gasteiger partial charge in [-0.2, -0.15) is 5.10 Å². The number of aryl methyl sites for hydroxylation is 1. The predicted octanol–water partition coefficient (Wildman–Crippen LogP) is 0.574. The molecule has 0 spiro atoms. The van der Waals surface area contributed by atoms with Crippen LogP contribution in [0.3, 0.4) is 0 Å².